The van der Waals surface area contributed by atoms with Crippen molar-refractivity contribution in [3.05, 3.63) is 28.2 Å². The molecule has 0 radical (unpaired) electrons. The van der Waals surface area contributed by atoms with E-state index in [1.807, 2.05) is 0 Å². The molecule has 4 nitrogen and oxygen atoms in total. The van der Waals surface area contributed by atoms with Crippen LogP contribution in [0.15, 0.2) is 27.8 Å². The van der Waals surface area contributed by atoms with Gasteiger partial charge in [0.05, 0.1) is 11.6 Å². The molecule has 24 heavy (non-hydrogen) atoms. The van der Waals surface area contributed by atoms with Gasteiger partial charge in [0, 0.05) is 10.0 Å². The van der Waals surface area contributed by atoms with Crippen molar-refractivity contribution in [2.24, 2.45) is 28.3 Å². The summed E-state index contributed by atoms with van der Waals surface area (Å²) >= 11 is 3.37. The maximum absolute atomic E-state index is 12.9. The molecule has 4 bridgehead atoms. The number of amides is 1. The molecule has 2 N–H and O–H groups in total. The Morgan fingerprint density at radius 2 is 1.88 bits per heavy atom. The van der Waals surface area contributed by atoms with Gasteiger partial charge >= 0.3 is 0 Å². The second kappa shape index (κ2) is 6.17. The molecule has 2 unspecified atom stereocenters. The number of phenolic OH excluding ortho intramolecular Hbond substituents is 1. The standard InChI is InChI=1S/C19H23BrN2O2/c20-16-3-4-17(23)15(7-16)11-21-22-18(24)19-8-12-1-2-13(9-19)6-14(5-12)10-19/h3-4,7,11-14,23H,1-2,5-6,8-10H2,(H,22,24)/b21-11+. The zero-order chi connectivity index (χ0) is 16.7. The van der Waals surface area contributed by atoms with E-state index in [4.69, 9.17) is 0 Å². The first-order chi connectivity index (χ1) is 11.5. The summed E-state index contributed by atoms with van der Waals surface area (Å²) in [5.74, 6) is 2.41. The SMILES string of the molecule is O=C(N/N=C/c1cc(Br)ccc1O)C12CC3CCC(CC(C3)C1)C2. The average Bonchev–Trinajstić information content (AvgIpc) is 2.76. The highest BCUT2D eigenvalue weighted by Gasteiger charge is 2.52. The molecule has 1 aromatic carbocycles. The maximum atomic E-state index is 12.9. The largest absolute Gasteiger partial charge is 0.507 e. The van der Waals surface area contributed by atoms with Crippen LogP contribution in [0.2, 0.25) is 0 Å². The summed E-state index contributed by atoms with van der Waals surface area (Å²) in [5, 5.41) is 14.0. The van der Waals surface area contributed by atoms with Crippen molar-refractivity contribution in [1.29, 1.82) is 0 Å². The summed E-state index contributed by atoms with van der Waals surface area (Å²) in [7, 11) is 0. The van der Waals surface area contributed by atoms with E-state index in [1.54, 1.807) is 18.2 Å². The van der Waals surface area contributed by atoms with Crippen LogP contribution in [0.1, 0.15) is 50.5 Å². The van der Waals surface area contributed by atoms with E-state index < -0.39 is 0 Å². The van der Waals surface area contributed by atoms with E-state index in [0.29, 0.717) is 5.56 Å². The van der Waals surface area contributed by atoms with E-state index >= 15 is 0 Å². The van der Waals surface area contributed by atoms with Gasteiger partial charge in [-0.15, -0.1) is 0 Å². The smallest absolute Gasteiger partial charge is 0.246 e. The summed E-state index contributed by atoms with van der Waals surface area (Å²) < 4.78 is 0.866. The van der Waals surface area contributed by atoms with Crippen LogP contribution in [0.4, 0.5) is 0 Å². The maximum Gasteiger partial charge on any atom is 0.246 e. The number of benzene rings is 1. The summed E-state index contributed by atoms with van der Waals surface area (Å²) in [5.41, 5.74) is 3.15. The molecule has 128 valence electrons. The summed E-state index contributed by atoms with van der Waals surface area (Å²) in [6.07, 6.45) is 9.85. The molecule has 5 heteroatoms. The van der Waals surface area contributed by atoms with Crippen LogP contribution in [-0.4, -0.2) is 17.2 Å². The number of nitrogens with zero attached hydrogens (tertiary/aromatic N) is 1. The molecular formula is C19H23BrN2O2. The van der Waals surface area contributed by atoms with Crippen molar-refractivity contribution in [2.75, 3.05) is 0 Å². The molecule has 4 fully saturated rings. The molecule has 2 atom stereocenters. The van der Waals surface area contributed by atoms with Gasteiger partial charge in [-0.25, -0.2) is 5.43 Å². The Morgan fingerprint density at radius 3 is 2.58 bits per heavy atom. The lowest BCUT2D eigenvalue weighted by molar-refractivity contribution is -0.138. The molecule has 4 aliphatic carbocycles. The molecule has 0 saturated heterocycles. The topological polar surface area (TPSA) is 61.7 Å². The fourth-order valence-electron chi connectivity index (χ4n) is 5.38. The number of halogens is 1. The molecule has 4 saturated carbocycles. The van der Waals surface area contributed by atoms with Gasteiger partial charge in [0.15, 0.2) is 0 Å². The molecule has 1 amide bonds. The quantitative estimate of drug-likeness (QED) is 0.599. The van der Waals surface area contributed by atoms with E-state index in [2.05, 4.69) is 26.5 Å². The third-order valence-electron chi connectivity index (χ3n) is 6.20. The molecule has 1 aromatic rings. The Kier molecular flexibility index (Phi) is 4.15. The second-order valence-electron chi connectivity index (χ2n) is 7.94. The Hall–Kier alpha value is -1.36. The first-order valence-electron chi connectivity index (χ1n) is 8.86. The minimum atomic E-state index is -0.205. The number of nitrogens with one attached hydrogen (secondary N) is 1. The van der Waals surface area contributed by atoms with Gasteiger partial charge in [-0.1, -0.05) is 28.8 Å². The number of fused-ring (bicyclic) bond motifs is 1. The van der Waals surface area contributed by atoms with E-state index in [9.17, 15) is 9.90 Å². The highest BCUT2D eigenvalue weighted by atomic mass is 79.9. The average molecular weight is 391 g/mol. The summed E-state index contributed by atoms with van der Waals surface area (Å²) in [6.45, 7) is 0. The van der Waals surface area contributed by atoms with E-state index in [0.717, 1.165) is 41.5 Å². The third-order valence-corrected chi connectivity index (χ3v) is 6.69. The van der Waals surface area contributed by atoms with Gasteiger partial charge < -0.3 is 5.11 Å². The number of hydrogen-bond donors (Lipinski definition) is 2. The van der Waals surface area contributed by atoms with Crippen molar-refractivity contribution in [3.63, 3.8) is 0 Å². The van der Waals surface area contributed by atoms with Crippen molar-refractivity contribution >= 4 is 28.1 Å². The third kappa shape index (κ3) is 2.99. The summed E-state index contributed by atoms with van der Waals surface area (Å²) in [6, 6.07) is 5.15. The van der Waals surface area contributed by atoms with Crippen LogP contribution >= 0.6 is 15.9 Å². The first kappa shape index (κ1) is 16.1. The van der Waals surface area contributed by atoms with Crippen LogP contribution in [-0.2, 0) is 4.79 Å². The van der Waals surface area contributed by atoms with Crippen LogP contribution in [0.5, 0.6) is 5.75 Å². The highest BCUT2D eigenvalue weighted by Crippen LogP contribution is 2.57. The van der Waals surface area contributed by atoms with Crippen LogP contribution in [0.25, 0.3) is 0 Å². The fraction of sp³-hybridized carbons (Fsp3) is 0.579. The Bertz CT molecular complexity index is 672. The number of hydrazone groups is 1. The van der Waals surface area contributed by atoms with Crippen molar-refractivity contribution in [1.82, 2.24) is 5.43 Å². The van der Waals surface area contributed by atoms with Crippen molar-refractivity contribution in [2.45, 2.75) is 44.9 Å². The van der Waals surface area contributed by atoms with Gasteiger partial charge in [-0.05, 0) is 68.1 Å². The first-order valence-corrected chi connectivity index (χ1v) is 9.65. The van der Waals surface area contributed by atoms with Crippen LogP contribution < -0.4 is 5.43 Å². The zero-order valence-corrected chi connectivity index (χ0v) is 15.3. The summed E-state index contributed by atoms with van der Waals surface area (Å²) in [4.78, 5) is 12.9. The molecule has 0 heterocycles. The number of rotatable bonds is 3. The Balaban J connectivity index is 1.48. The lowest BCUT2D eigenvalue weighted by Crippen LogP contribution is -2.47. The second-order valence-corrected chi connectivity index (χ2v) is 8.86. The Morgan fingerprint density at radius 1 is 1.21 bits per heavy atom. The molecular weight excluding hydrogens is 368 g/mol. The molecule has 0 aliphatic heterocycles. The molecule has 4 aliphatic rings. The molecule has 0 spiro atoms. The number of carbonyl (C=O) groups is 1. The monoisotopic (exact) mass is 390 g/mol. The molecule has 0 aromatic heterocycles. The normalized spacial score (nSPS) is 34.5. The lowest BCUT2D eigenvalue weighted by Gasteiger charge is -2.46. The van der Waals surface area contributed by atoms with Gasteiger partial charge in [0.1, 0.15) is 5.75 Å². The van der Waals surface area contributed by atoms with Gasteiger partial charge in [0.2, 0.25) is 5.91 Å². The minimum Gasteiger partial charge on any atom is -0.507 e. The zero-order valence-electron chi connectivity index (χ0n) is 13.7. The van der Waals surface area contributed by atoms with Gasteiger partial charge in [-0.3, -0.25) is 4.79 Å². The number of phenols is 1. The van der Waals surface area contributed by atoms with Crippen molar-refractivity contribution in [3.8, 4) is 5.75 Å². The van der Waals surface area contributed by atoms with Crippen LogP contribution in [0, 0.1) is 23.2 Å². The van der Waals surface area contributed by atoms with Crippen LogP contribution in [0.3, 0.4) is 0 Å². The predicted octanol–water partition coefficient (Wildman–Crippen LogP) is 4.21. The fourth-order valence-corrected chi connectivity index (χ4v) is 5.76. The minimum absolute atomic E-state index is 0.0783. The van der Waals surface area contributed by atoms with Gasteiger partial charge in [-0.2, -0.15) is 5.10 Å². The van der Waals surface area contributed by atoms with Gasteiger partial charge in [0.25, 0.3) is 0 Å². The Labute approximate surface area is 150 Å². The lowest BCUT2D eigenvalue weighted by atomic mass is 9.58. The molecule has 5 rings (SSSR count). The number of aromatic hydroxyl groups is 1. The highest BCUT2D eigenvalue weighted by molar-refractivity contribution is 9.10. The van der Waals surface area contributed by atoms with Crippen molar-refractivity contribution < 1.29 is 9.90 Å². The van der Waals surface area contributed by atoms with E-state index in [1.165, 1.54) is 31.9 Å². The number of hydrogen-bond acceptors (Lipinski definition) is 3. The number of carbonyl (C=O) groups excluding carboxylic acids is 1. The van der Waals surface area contributed by atoms with E-state index in [-0.39, 0.29) is 17.1 Å². The predicted molar refractivity (Wildman–Crippen MR) is 96.8 cm³/mol.